The van der Waals surface area contributed by atoms with Crippen LogP contribution in [0.2, 0.25) is 0 Å². The molecule has 18 heavy (non-hydrogen) atoms. The Morgan fingerprint density at radius 1 is 1.39 bits per heavy atom. The molecule has 0 aromatic carbocycles. The van der Waals surface area contributed by atoms with E-state index in [1.54, 1.807) is 11.3 Å². The highest BCUT2D eigenvalue weighted by Gasteiger charge is 2.11. The Bertz CT molecular complexity index is 506. The third-order valence-electron chi connectivity index (χ3n) is 3.08. The van der Waals surface area contributed by atoms with Crippen molar-refractivity contribution in [2.45, 2.75) is 19.9 Å². The zero-order chi connectivity index (χ0) is 13.1. The average molecular weight is 262 g/mol. The van der Waals surface area contributed by atoms with Crippen LogP contribution in [-0.4, -0.2) is 29.6 Å². The van der Waals surface area contributed by atoms with Crippen LogP contribution in [0.25, 0.3) is 10.4 Å². The van der Waals surface area contributed by atoms with Gasteiger partial charge in [-0.05, 0) is 30.9 Å². The number of hydrogen-bond acceptors (Lipinski definition) is 5. The van der Waals surface area contributed by atoms with Crippen molar-refractivity contribution in [1.29, 1.82) is 0 Å². The first-order valence-electron chi connectivity index (χ1n) is 5.93. The molecule has 4 nitrogen and oxygen atoms in total. The number of nitrogens with zero attached hydrogens (tertiary/aromatic N) is 3. The molecule has 5 heteroatoms. The summed E-state index contributed by atoms with van der Waals surface area (Å²) in [7, 11) is 1.96. The molecule has 96 valence electrons. The maximum Gasteiger partial charge on any atom is 0.225 e. The van der Waals surface area contributed by atoms with Crippen LogP contribution in [0.4, 0.5) is 5.95 Å². The van der Waals surface area contributed by atoms with Crippen LogP contribution >= 0.6 is 11.3 Å². The lowest BCUT2D eigenvalue weighted by atomic mass is 10.2. The molecule has 2 rings (SSSR count). The highest BCUT2D eigenvalue weighted by molar-refractivity contribution is 7.13. The smallest absolute Gasteiger partial charge is 0.225 e. The van der Waals surface area contributed by atoms with Crippen LogP contribution in [0.5, 0.6) is 0 Å². The standard InChI is InChI=1S/C13H18N4S/c1-9-4-5-18-12(9)11-7-15-13(16-8-11)17(3)10(2)6-14/h4-5,7-8,10H,6,14H2,1-3H3. The summed E-state index contributed by atoms with van der Waals surface area (Å²) >= 11 is 1.71. The second kappa shape index (κ2) is 5.46. The Balaban J connectivity index is 2.23. The maximum absolute atomic E-state index is 5.64. The molecule has 0 aliphatic rings. The van der Waals surface area contributed by atoms with Crippen molar-refractivity contribution in [2.24, 2.45) is 5.73 Å². The molecule has 0 radical (unpaired) electrons. The fourth-order valence-corrected chi connectivity index (χ4v) is 2.55. The topological polar surface area (TPSA) is 55.0 Å². The quantitative estimate of drug-likeness (QED) is 0.918. The highest BCUT2D eigenvalue weighted by atomic mass is 32.1. The molecule has 0 bridgehead atoms. The molecule has 2 aromatic heterocycles. The summed E-state index contributed by atoms with van der Waals surface area (Å²) in [4.78, 5) is 12.0. The van der Waals surface area contributed by atoms with Gasteiger partial charge in [-0.3, -0.25) is 0 Å². The Morgan fingerprint density at radius 2 is 2.06 bits per heavy atom. The molecule has 0 spiro atoms. The molecular weight excluding hydrogens is 244 g/mol. The first-order valence-corrected chi connectivity index (χ1v) is 6.81. The summed E-state index contributed by atoms with van der Waals surface area (Å²) in [5.74, 6) is 0.714. The van der Waals surface area contributed by atoms with Gasteiger partial charge in [0.15, 0.2) is 0 Å². The van der Waals surface area contributed by atoms with Gasteiger partial charge in [0.25, 0.3) is 0 Å². The Labute approximate surface area is 111 Å². The van der Waals surface area contributed by atoms with Gasteiger partial charge in [0, 0.05) is 42.5 Å². The van der Waals surface area contributed by atoms with Crippen molar-refractivity contribution >= 4 is 17.3 Å². The molecule has 0 aliphatic carbocycles. The summed E-state index contributed by atoms with van der Waals surface area (Å²) in [6, 6.07) is 2.34. The molecule has 0 fully saturated rings. The molecular formula is C13H18N4S. The number of aromatic nitrogens is 2. The molecule has 0 amide bonds. The number of hydrogen-bond donors (Lipinski definition) is 1. The van der Waals surface area contributed by atoms with Gasteiger partial charge in [-0.15, -0.1) is 11.3 Å². The number of likely N-dealkylation sites (N-methyl/N-ethyl adjacent to an activating group) is 1. The monoisotopic (exact) mass is 262 g/mol. The number of nitrogens with two attached hydrogens (primary N) is 1. The predicted octanol–water partition coefficient (Wildman–Crippen LogP) is 2.30. The lowest BCUT2D eigenvalue weighted by Crippen LogP contribution is -2.36. The van der Waals surface area contributed by atoms with Crippen molar-refractivity contribution in [3.05, 3.63) is 29.4 Å². The average Bonchev–Trinajstić information content (AvgIpc) is 2.83. The molecule has 2 N–H and O–H groups in total. The predicted molar refractivity (Wildman–Crippen MR) is 77.0 cm³/mol. The molecule has 2 aromatic rings. The van der Waals surface area contributed by atoms with Gasteiger partial charge >= 0.3 is 0 Å². The molecule has 1 atom stereocenters. The summed E-state index contributed by atoms with van der Waals surface area (Å²) in [6.45, 7) is 4.74. The molecule has 2 heterocycles. The molecule has 1 unspecified atom stereocenters. The number of thiophene rings is 1. The summed E-state index contributed by atoms with van der Waals surface area (Å²) < 4.78 is 0. The van der Waals surface area contributed by atoms with Gasteiger partial charge in [-0.25, -0.2) is 9.97 Å². The van der Waals surface area contributed by atoms with Gasteiger partial charge in [0.05, 0.1) is 0 Å². The Hall–Kier alpha value is -1.46. The van der Waals surface area contributed by atoms with Gasteiger partial charge in [0.1, 0.15) is 0 Å². The van der Waals surface area contributed by atoms with E-state index in [4.69, 9.17) is 5.73 Å². The lowest BCUT2D eigenvalue weighted by Gasteiger charge is -2.23. The zero-order valence-electron chi connectivity index (χ0n) is 10.9. The van der Waals surface area contributed by atoms with Gasteiger partial charge in [-0.2, -0.15) is 0 Å². The van der Waals surface area contributed by atoms with Gasteiger partial charge in [0.2, 0.25) is 5.95 Å². The minimum Gasteiger partial charge on any atom is -0.340 e. The third-order valence-corrected chi connectivity index (χ3v) is 4.15. The Morgan fingerprint density at radius 3 is 2.56 bits per heavy atom. The van der Waals surface area contributed by atoms with Crippen molar-refractivity contribution in [3.8, 4) is 10.4 Å². The van der Waals surface area contributed by atoms with E-state index in [0.29, 0.717) is 12.5 Å². The van der Waals surface area contributed by atoms with Crippen LogP contribution in [0.15, 0.2) is 23.8 Å². The number of rotatable bonds is 4. The lowest BCUT2D eigenvalue weighted by molar-refractivity contribution is 0.678. The van der Waals surface area contributed by atoms with Gasteiger partial charge < -0.3 is 10.6 Å². The van der Waals surface area contributed by atoms with Gasteiger partial charge in [-0.1, -0.05) is 0 Å². The minimum absolute atomic E-state index is 0.235. The fourth-order valence-electron chi connectivity index (χ4n) is 1.64. The molecule has 0 saturated heterocycles. The second-order valence-corrected chi connectivity index (χ2v) is 5.32. The Kier molecular flexibility index (Phi) is 3.93. The zero-order valence-corrected chi connectivity index (χ0v) is 11.7. The van der Waals surface area contributed by atoms with Crippen molar-refractivity contribution < 1.29 is 0 Å². The first-order chi connectivity index (χ1) is 8.63. The fraction of sp³-hybridized carbons (Fsp3) is 0.385. The van der Waals surface area contributed by atoms with Crippen LogP contribution in [0.1, 0.15) is 12.5 Å². The van der Waals surface area contributed by atoms with E-state index in [2.05, 4.69) is 35.3 Å². The van der Waals surface area contributed by atoms with Crippen LogP contribution in [-0.2, 0) is 0 Å². The third kappa shape index (κ3) is 2.52. The SMILES string of the molecule is Cc1ccsc1-c1cnc(N(C)C(C)CN)nc1. The van der Waals surface area contributed by atoms with E-state index in [9.17, 15) is 0 Å². The summed E-state index contributed by atoms with van der Waals surface area (Å²) in [5, 5.41) is 2.08. The van der Waals surface area contributed by atoms with E-state index in [1.165, 1.54) is 10.4 Å². The van der Waals surface area contributed by atoms with E-state index in [-0.39, 0.29) is 6.04 Å². The van der Waals surface area contributed by atoms with Crippen molar-refractivity contribution in [2.75, 3.05) is 18.5 Å². The minimum atomic E-state index is 0.235. The summed E-state index contributed by atoms with van der Waals surface area (Å²) in [5.41, 5.74) is 7.98. The number of anilines is 1. The van der Waals surface area contributed by atoms with Crippen molar-refractivity contribution in [1.82, 2.24) is 9.97 Å². The van der Waals surface area contributed by atoms with Crippen LogP contribution < -0.4 is 10.6 Å². The normalized spacial score (nSPS) is 12.4. The largest absolute Gasteiger partial charge is 0.340 e. The van der Waals surface area contributed by atoms with Crippen LogP contribution in [0, 0.1) is 6.92 Å². The van der Waals surface area contributed by atoms with E-state index in [1.807, 2.05) is 24.3 Å². The molecule has 0 aliphatic heterocycles. The maximum atomic E-state index is 5.64. The second-order valence-electron chi connectivity index (χ2n) is 4.40. The van der Waals surface area contributed by atoms with E-state index >= 15 is 0 Å². The van der Waals surface area contributed by atoms with E-state index < -0.39 is 0 Å². The summed E-state index contributed by atoms with van der Waals surface area (Å²) in [6.07, 6.45) is 3.75. The molecule has 0 saturated carbocycles. The van der Waals surface area contributed by atoms with Crippen molar-refractivity contribution in [3.63, 3.8) is 0 Å². The highest BCUT2D eigenvalue weighted by Crippen LogP contribution is 2.28. The first kappa shape index (κ1) is 13.0. The van der Waals surface area contributed by atoms with Crippen LogP contribution in [0.3, 0.4) is 0 Å². The number of aryl methyl sites for hydroxylation is 1. The van der Waals surface area contributed by atoms with E-state index in [0.717, 1.165) is 5.56 Å².